The van der Waals surface area contributed by atoms with Gasteiger partial charge in [-0.2, -0.15) is 0 Å². The van der Waals surface area contributed by atoms with Crippen LogP contribution in [0, 0.1) is 0 Å². The molecule has 0 aromatic carbocycles. The van der Waals surface area contributed by atoms with Gasteiger partial charge in [-0.1, -0.05) is 32.6 Å². The molecule has 0 bridgehead atoms. The molecule has 1 amide bonds. The van der Waals surface area contributed by atoms with Crippen LogP contribution in [0.2, 0.25) is 0 Å². The van der Waals surface area contributed by atoms with E-state index in [1.54, 1.807) is 0 Å². The van der Waals surface area contributed by atoms with Crippen LogP contribution in [0.3, 0.4) is 0 Å². The van der Waals surface area contributed by atoms with Crippen LogP contribution in [-0.4, -0.2) is 42.5 Å². The van der Waals surface area contributed by atoms with Gasteiger partial charge in [0.2, 0.25) is 5.91 Å². The van der Waals surface area contributed by atoms with Crippen LogP contribution in [0.5, 0.6) is 0 Å². The Kier molecular flexibility index (Phi) is 6.84. The molecular formula is C14H26N2O3. The Bertz CT molecular complexity index is 301. The molecule has 0 aromatic heterocycles. The van der Waals surface area contributed by atoms with Crippen molar-refractivity contribution in [2.75, 3.05) is 13.7 Å². The first-order valence-electron chi connectivity index (χ1n) is 7.22. The minimum Gasteiger partial charge on any atom is -0.468 e. The second kappa shape index (κ2) is 8.15. The zero-order valence-corrected chi connectivity index (χ0v) is 12.1. The number of nitrogens with zero attached hydrogens (tertiary/aromatic N) is 1. The van der Waals surface area contributed by atoms with Gasteiger partial charge in [-0.3, -0.25) is 14.5 Å². The highest BCUT2D eigenvalue weighted by Gasteiger charge is 2.34. The second-order valence-electron chi connectivity index (χ2n) is 5.26. The quantitative estimate of drug-likeness (QED) is 0.678. The van der Waals surface area contributed by atoms with Crippen LogP contribution in [0.15, 0.2) is 0 Å². The first-order chi connectivity index (χ1) is 9.10. The Morgan fingerprint density at radius 2 is 2.00 bits per heavy atom. The van der Waals surface area contributed by atoms with Crippen molar-refractivity contribution in [3.8, 4) is 0 Å². The third kappa shape index (κ3) is 4.82. The zero-order valence-electron chi connectivity index (χ0n) is 12.1. The third-order valence-electron chi connectivity index (χ3n) is 3.84. The van der Waals surface area contributed by atoms with E-state index in [-0.39, 0.29) is 30.5 Å². The standard InChI is InChI=1S/C14H26N2O3/c1-3-4-9-12(14(18)19-2)16(10-13(15)17)11-7-5-6-8-11/h11-12H,3-10H2,1-2H3,(H2,15,17). The monoisotopic (exact) mass is 270 g/mol. The molecule has 0 aliphatic heterocycles. The van der Waals surface area contributed by atoms with E-state index in [0.29, 0.717) is 0 Å². The Hall–Kier alpha value is -1.10. The SMILES string of the molecule is CCCCC(C(=O)OC)N(CC(N)=O)C1CCCC1. The van der Waals surface area contributed by atoms with Crippen molar-refractivity contribution in [3.63, 3.8) is 0 Å². The van der Waals surface area contributed by atoms with E-state index < -0.39 is 0 Å². The van der Waals surface area contributed by atoms with Gasteiger partial charge in [0.25, 0.3) is 0 Å². The lowest BCUT2D eigenvalue weighted by molar-refractivity contribution is -0.149. The lowest BCUT2D eigenvalue weighted by Gasteiger charge is -2.33. The molecule has 0 radical (unpaired) electrons. The fourth-order valence-corrected chi connectivity index (χ4v) is 2.86. The Labute approximate surface area is 115 Å². The highest BCUT2D eigenvalue weighted by atomic mass is 16.5. The number of rotatable bonds is 8. The molecule has 1 unspecified atom stereocenters. The molecule has 1 atom stereocenters. The lowest BCUT2D eigenvalue weighted by atomic mass is 10.0. The maximum absolute atomic E-state index is 12.0. The summed E-state index contributed by atoms with van der Waals surface area (Å²) < 4.78 is 4.90. The summed E-state index contributed by atoms with van der Waals surface area (Å²) >= 11 is 0. The number of methoxy groups -OCH3 is 1. The lowest BCUT2D eigenvalue weighted by Crippen LogP contribution is -2.50. The van der Waals surface area contributed by atoms with E-state index in [0.717, 1.165) is 44.9 Å². The molecule has 1 aliphatic carbocycles. The predicted molar refractivity (Wildman–Crippen MR) is 73.5 cm³/mol. The fourth-order valence-electron chi connectivity index (χ4n) is 2.86. The molecule has 1 aliphatic rings. The molecule has 5 heteroatoms. The van der Waals surface area contributed by atoms with Crippen LogP contribution in [0.25, 0.3) is 0 Å². The van der Waals surface area contributed by atoms with Gasteiger partial charge in [-0.05, 0) is 19.3 Å². The van der Waals surface area contributed by atoms with Gasteiger partial charge in [0.1, 0.15) is 6.04 Å². The zero-order chi connectivity index (χ0) is 14.3. The average molecular weight is 270 g/mol. The highest BCUT2D eigenvalue weighted by Crippen LogP contribution is 2.26. The summed E-state index contributed by atoms with van der Waals surface area (Å²) in [5.74, 6) is -0.626. The summed E-state index contributed by atoms with van der Waals surface area (Å²) in [5, 5.41) is 0. The minimum atomic E-state index is -0.377. The number of carbonyl (C=O) groups is 2. The van der Waals surface area contributed by atoms with Crippen LogP contribution in [0.1, 0.15) is 51.9 Å². The van der Waals surface area contributed by atoms with Crippen molar-refractivity contribution < 1.29 is 14.3 Å². The van der Waals surface area contributed by atoms with E-state index in [2.05, 4.69) is 6.92 Å². The molecule has 2 N–H and O–H groups in total. The van der Waals surface area contributed by atoms with E-state index >= 15 is 0 Å². The number of hydrogen-bond acceptors (Lipinski definition) is 4. The van der Waals surface area contributed by atoms with Gasteiger partial charge in [-0.15, -0.1) is 0 Å². The summed E-state index contributed by atoms with van der Waals surface area (Å²) in [6, 6.07) is -0.0472. The van der Waals surface area contributed by atoms with Crippen LogP contribution >= 0.6 is 0 Å². The summed E-state index contributed by atoms with van der Waals surface area (Å²) in [5.41, 5.74) is 5.34. The van der Waals surface area contributed by atoms with Crippen molar-refractivity contribution in [1.29, 1.82) is 0 Å². The van der Waals surface area contributed by atoms with E-state index in [1.807, 2.05) is 4.90 Å². The summed E-state index contributed by atoms with van der Waals surface area (Å²) in [4.78, 5) is 25.2. The number of esters is 1. The molecule has 1 saturated carbocycles. The van der Waals surface area contributed by atoms with Crippen LogP contribution in [-0.2, 0) is 14.3 Å². The van der Waals surface area contributed by atoms with E-state index in [1.165, 1.54) is 7.11 Å². The van der Waals surface area contributed by atoms with Crippen LogP contribution < -0.4 is 5.73 Å². The molecule has 0 spiro atoms. The molecule has 1 rings (SSSR count). The summed E-state index contributed by atoms with van der Waals surface area (Å²) in [6.45, 7) is 2.23. The molecule has 1 fully saturated rings. The molecular weight excluding hydrogens is 244 g/mol. The number of carbonyl (C=O) groups excluding carboxylic acids is 2. The topological polar surface area (TPSA) is 72.6 Å². The van der Waals surface area contributed by atoms with Gasteiger partial charge < -0.3 is 10.5 Å². The normalized spacial score (nSPS) is 17.6. The van der Waals surface area contributed by atoms with Gasteiger partial charge in [0.15, 0.2) is 0 Å². The van der Waals surface area contributed by atoms with Crippen molar-refractivity contribution in [2.45, 2.75) is 64.0 Å². The number of unbranched alkanes of at least 4 members (excludes halogenated alkanes) is 1. The number of primary amides is 1. The first kappa shape index (κ1) is 16.0. The average Bonchev–Trinajstić information content (AvgIpc) is 2.90. The number of ether oxygens (including phenoxy) is 1. The first-order valence-corrected chi connectivity index (χ1v) is 7.22. The Morgan fingerprint density at radius 1 is 1.37 bits per heavy atom. The maximum Gasteiger partial charge on any atom is 0.323 e. The second-order valence-corrected chi connectivity index (χ2v) is 5.26. The largest absolute Gasteiger partial charge is 0.468 e. The van der Waals surface area contributed by atoms with Crippen molar-refractivity contribution in [2.24, 2.45) is 5.73 Å². The predicted octanol–water partition coefficient (Wildman–Crippen LogP) is 1.45. The maximum atomic E-state index is 12.0. The molecule has 5 nitrogen and oxygen atoms in total. The molecule has 110 valence electrons. The van der Waals surface area contributed by atoms with E-state index in [4.69, 9.17) is 10.5 Å². The van der Waals surface area contributed by atoms with Gasteiger partial charge >= 0.3 is 5.97 Å². The highest BCUT2D eigenvalue weighted by molar-refractivity contribution is 5.79. The molecule has 0 saturated heterocycles. The number of amides is 1. The van der Waals surface area contributed by atoms with Crippen molar-refractivity contribution >= 4 is 11.9 Å². The van der Waals surface area contributed by atoms with Gasteiger partial charge in [0, 0.05) is 6.04 Å². The smallest absolute Gasteiger partial charge is 0.323 e. The molecule has 0 heterocycles. The molecule has 0 aromatic rings. The van der Waals surface area contributed by atoms with Gasteiger partial charge in [-0.25, -0.2) is 0 Å². The van der Waals surface area contributed by atoms with E-state index in [9.17, 15) is 9.59 Å². The third-order valence-corrected chi connectivity index (χ3v) is 3.84. The Balaban J connectivity index is 2.80. The van der Waals surface area contributed by atoms with Gasteiger partial charge in [0.05, 0.1) is 13.7 Å². The van der Waals surface area contributed by atoms with Crippen LogP contribution in [0.4, 0.5) is 0 Å². The van der Waals surface area contributed by atoms with Crippen molar-refractivity contribution in [3.05, 3.63) is 0 Å². The summed E-state index contributed by atoms with van der Waals surface area (Å²) in [6.07, 6.45) is 7.07. The number of hydrogen-bond donors (Lipinski definition) is 1. The Morgan fingerprint density at radius 3 is 2.47 bits per heavy atom. The number of nitrogens with two attached hydrogens (primary N) is 1. The van der Waals surface area contributed by atoms with Crippen molar-refractivity contribution in [1.82, 2.24) is 4.90 Å². The molecule has 19 heavy (non-hydrogen) atoms. The fraction of sp³-hybridized carbons (Fsp3) is 0.857. The minimum absolute atomic E-state index is 0.147. The summed E-state index contributed by atoms with van der Waals surface area (Å²) in [7, 11) is 1.40.